The van der Waals surface area contributed by atoms with Crippen LogP contribution in [0.25, 0.3) is 0 Å². The molecule has 0 aliphatic rings. The number of hydrogen-bond donors (Lipinski definition) is 1. The average molecular weight is 246 g/mol. The molecule has 1 rings (SSSR count). The largest absolute Gasteiger partial charge is 0.478 e. The highest BCUT2D eigenvalue weighted by molar-refractivity contribution is 5.33. The third-order valence-corrected chi connectivity index (χ3v) is 3.16. The summed E-state index contributed by atoms with van der Waals surface area (Å²) in [7, 11) is 0. The van der Waals surface area contributed by atoms with E-state index >= 15 is 0 Å². The number of nitrogens with zero attached hydrogens (tertiary/aromatic N) is 1. The minimum absolute atomic E-state index is 0.0891. The fraction of sp³-hybridized carbons (Fsp3) is 0.533. The Kier molecular flexibility index (Phi) is 5.18. The van der Waals surface area contributed by atoms with Gasteiger partial charge in [0.15, 0.2) is 6.61 Å². The van der Waals surface area contributed by atoms with E-state index in [1.54, 1.807) is 0 Å². The maximum Gasteiger partial charge on any atom is 0.174 e. The number of rotatable bonds is 5. The lowest BCUT2D eigenvalue weighted by atomic mass is 9.88. The summed E-state index contributed by atoms with van der Waals surface area (Å²) in [5, 5.41) is 12.0. The Labute approximate surface area is 110 Å². The molecule has 1 unspecified atom stereocenters. The summed E-state index contributed by atoms with van der Waals surface area (Å²) >= 11 is 0. The standard InChI is InChI=1S/C15H22N2O/c1-12(15(2,3)4)17-11-13-7-5-6-8-14(13)18-10-9-16/h5-8,12,17H,10-11H2,1-4H3. The van der Waals surface area contributed by atoms with Crippen molar-refractivity contribution in [2.24, 2.45) is 5.41 Å². The fourth-order valence-electron chi connectivity index (χ4n) is 1.47. The molecule has 0 bridgehead atoms. The third-order valence-electron chi connectivity index (χ3n) is 3.16. The highest BCUT2D eigenvalue weighted by Gasteiger charge is 2.19. The molecule has 1 aromatic rings. The first-order valence-corrected chi connectivity index (χ1v) is 6.26. The van der Waals surface area contributed by atoms with Crippen LogP contribution in [0.1, 0.15) is 33.3 Å². The molecule has 0 aromatic heterocycles. The van der Waals surface area contributed by atoms with Gasteiger partial charge in [-0.05, 0) is 18.4 Å². The van der Waals surface area contributed by atoms with E-state index in [0.29, 0.717) is 6.04 Å². The van der Waals surface area contributed by atoms with E-state index in [2.05, 4.69) is 33.0 Å². The van der Waals surface area contributed by atoms with E-state index in [4.69, 9.17) is 10.00 Å². The molecular weight excluding hydrogens is 224 g/mol. The Balaban J connectivity index is 2.64. The van der Waals surface area contributed by atoms with Gasteiger partial charge in [-0.25, -0.2) is 0 Å². The van der Waals surface area contributed by atoms with E-state index in [-0.39, 0.29) is 12.0 Å². The zero-order valence-electron chi connectivity index (χ0n) is 11.7. The minimum Gasteiger partial charge on any atom is -0.478 e. The van der Waals surface area contributed by atoms with Crippen LogP contribution in [0.2, 0.25) is 0 Å². The van der Waals surface area contributed by atoms with Gasteiger partial charge in [0.25, 0.3) is 0 Å². The topological polar surface area (TPSA) is 45.0 Å². The average Bonchev–Trinajstić information content (AvgIpc) is 2.33. The summed E-state index contributed by atoms with van der Waals surface area (Å²) in [5.41, 5.74) is 1.31. The van der Waals surface area contributed by atoms with Crippen molar-refractivity contribution in [3.63, 3.8) is 0 Å². The van der Waals surface area contributed by atoms with Crippen LogP contribution in [0.3, 0.4) is 0 Å². The van der Waals surface area contributed by atoms with Crippen LogP contribution in [0, 0.1) is 16.7 Å². The lowest BCUT2D eigenvalue weighted by Crippen LogP contribution is -2.37. The zero-order chi connectivity index (χ0) is 13.6. The summed E-state index contributed by atoms with van der Waals surface area (Å²) in [5.74, 6) is 0.785. The maximum atomic E-state index is 8.55. The van der Waals surface area contributed by atoms with Gasteiger partial charge in [-0.3, -0.25) is 0 Å². The van der Waals surface area contributed by atoms with Crippen molar-refractivity contribution in [3.05, 3.63) is 29.8 Å². The third kappa shape index (κ3) is 4.38. The van der Waals surface area contributed by atoms with Gasteiger partial charge in [0.2, 0.25) is 0 Å². The van der Waals surface area contributed by atoms with E-state index in [9.17, 15) is 0 Å². The van der Waals surface area contributed by atoms with Gasteiger partial charge in [0, 0.05) is 18.2 Å². The zero-order valence-corrected chi connectivity index (χ0v) is 11.7. The molecule has 0 aliphatic carbocycles. The van der Waals surface area contributed by atoms with Crippen LogP contribution in [0.15, 0.2) is 24.3 Å². The Bertz CT molecular complexity index is 415. The molecule has 3 nitrogen and oxygen atoms in total. The van der Waals surface area contributed by atoms with Crippen LogP contribution < -0.4 is 10.1 Å². The number of nitrogens with one attached hydrogen (secondary N) is 1. The maximum absolute atomic E-state index is 8.55. The molecule has 18 heavy (non-hydrogen) atoms. The first-order chi connectivity index (χ1) is 8.45. The summed E-state index contributed by atoms with van der Waals surface area (Å²) in [6.45, 7) is 9.65. The predicted molar refractivity (Wildman–Crippen MR) is 73.3 cm³/mol. The van der Waals surface area contributed by atoms with E-state index in [0.717, 1.165) is 17.9 Å². The highest BCUT2D eigenvalue weighted by Crippen LogP contribution is 2.21. The van der Waals surface area contributed by atoms with Crippen molar-refractivity contribution >= 4 is 0 Å². The normalized spacial score (nSPS) is 12.8. The predicted octanol–water partition coefficient (Wildman–Crippen LogP) is 3.11. The first-order valence-electron chi connectivity index (χ1n) is 6.26. The van der Waals surface area contributed by atoms with Gasteiger partial charge < -0.3 is 10.1 Å². The number of benzene rings is 1. The lowest BCUT2D eigenvalue weighted by molar-refractivity contribution is 0.283. The molecule has 0 radical (unpaired) electrons. The molecule has 1 atom stereocenters. The molecule has 0 amide bonds. The second kappa shape index (κ2) is 6.42. The highest BCUT2D eigenvalue weighted by atomic mass is 16.5. The monoisotopic (exact) mass is 246 g/mol. The first kappa shape index (κ1) is 14.5. The van der Waals surface area contributed by atoms with Crippen molar-refractivity contribution in [3.8, 4) is 11.8 Å². The molecule has 0 aliphatic heterocycles. The summed E-state index contributed by atoms with van der Waals surface area (Å²) < 4.78 is 5.40. The number of para-hydroxylation sites is 1. The van der Waals surface area contributed by atoms with Crippen molar-refractivity contribution in [2.75, 3.05) is 6.61 Å². The van der Waals surface area contributed by atoms with Gasteiger partial charge in [0.1, 0.15) is 11.8 Å². The number of ether oxygens (including phenoxy) is 1. The molecule has 0 spiro atoms. The Hall–Kier alpha value is -1.53. The van der Waals surface area contributed by atoms with Crippen molar-refractivity contribution < 1.29 is 4.74 Å². The second-order valence-electron chi connectivity index (χ2n) is 5.52. The fourth-order valence-corrected chi connectivity index (χ4v) is 1.47. The smallest absolute Gasteiger partial charge is 0.174 e. The molecule has 0 saturated heterocycles. The summed E-state index contributed by atoms with van der Waals surface area (Å²) in [6.07, 6.45) is 0. The van der Waals surface area contributed by atoms with Gasteiger partial charge in [-0.1, -0.05) is 39.0 Å². The van der Waals surface area contributed by atoms with Gasteiger partial charge in [-0.2, -0.15) is 5.26 Å². The SMILES string of the molecule is CC(NCc1ccccc1OCC#N)C(C)(C)C. The Morgan fingerprint density at radius 3 is 2.61 bits per heavy atom. The molecular formula is C15H22N2O. The van der Waals surface area contributed by atoms with Crippen LogP contribution in [-0.2, 0) is 6.54 Å². The number of hydrogen-bond acceptors (Lipinski definition) is 3. The molecule has 0 saturated carbocycles. The van der Waals surface area contributed by atoms with E-state index in [1.807, 2.05) is 30.3 Å². The van der Waals surface area contributed by atoms with E-state index < -0.39 is 0 Å². The van der Waals surface area contributed by atoms with Crippen molar-refractivity contribution in [1.82, 2.24) is 5.32 Å². The quantitative estimate of drug-likeness (QED) is 0.868. The van der Waals surface area contributed by atoms with Crippen molar-refractivity contribution in [2.45, 2.75) is 40.3 Å². The van der Waals surface area contributed by atoms with E-state index in [1.165, 1.54) is 0 Å². The van der Waals surface area contributed by atoms with Gasteiger partial charge in [0.05, 0.1) is 0 Å². The Morgan fingerprint density at radius 2 is 2.00 bits per heavy atom. The number of nitriles is 1. The molecule has 0 heterocycles. The minimum atomic E-state index is 0.0891. The Morgan fingerprint density at radius 1 is 1.33 bits per heavy atom. The van der Waals surface area contributed by atoms with Gasteiger partial charge in [-0.15, -0.1) is 0 Å². The molecule has 3 heteroatoms. The van der Waals surface area contributed by atoms with Crippen LogP contribution >= 0.6 is 0 Å². The summed E-state index contributed by atoms with van der Waals surface area (Å²) in [6, 6.07) is 10.2. The second-order valence-corrected chi connectivity index (χ2v) is 5.52. The molecule has 1 N–H and O–H groups in total. The van der Waals surface area contributed by atoms with Crippen molar-refractivity contribution in [1.29, 1.82) is 5.26 Å². The van der Waals surface area contributed by atoms with Crippen LogP contribution in [-0.4, -0.2) is 12.6 Å². The molecule has 1 aromatic carbocycles. The molecule has 98 valence electrons. The van der Waals surface area contributed by atoms with Gasteiger partial charge >= 0.3 is 0 Å². The molecule has 0 fully saturated rings. The lowest BCUT2D eigenvalue weighted by Gasteiger charge is -2.28. The summed E-state index contributed by atoms with van der Waals surface area (Å²) in [4.78, 5) is 0. The van der Waals surface area contributed by atoms with Crippen LogP contribution in [0.5, 0.6) is 5.75 Å². The van der Waals surface area contributed by atoms with Crippen LogP contribution in [0.4, 0.5) is 0 Å².